The van der Waals surface area contributed by atoms with E-state index in [2.05, 4.69) is 17.1 Å². The first-order chi connectivity index (χ1) is 9.58. The molecule has 1 aromatic rings. The van der Waals surface area contributed by atoms with Gasteiger partial charge in [-0.2, -0.15) is 0 Å². The maximum absolute atomic E-state index is 13.1. The van der Waals surface area contributed by atoms with E-state index in [1.807, 2.05) is 0 Å². The highest BCUT2D eigenvalue weighted by atomic mass is 19.1. The predicted octanol–water partition coefficient (Wildman–Crippen LogP) is 2.57. The van der Waals surface area contributed by atoms with Crippen molar-refractivity contribution in [2.45, 2.75) is 32.2 Å². The van der Waals surface area contributed by atoms with Crippen LogP contribution in [0.3, 0.4) is 0 Å². The van der Waals surface area contributed by atoms with Gasteiger partial charge in [0.15, 0.2) is 0 Å². The fraction of sp³-hybridized carbons (Fsp3) is 0.533. The second-order valence-electron chi connectivity index (χ2n) is 5.25. The van der Waals surface area contributed by atoms with Crippen molar-refractivity contribution < 1.29 is 13.6 Å². The van der Waals surface area contributed by atoms with Gasteiger partial charge in [-0.05, 0) is 37.9 Å². The number of hydrogen-bond donors (Lipinski definition) is 1. The van der Waals surface area contributed by atoms with Gasteiger partial charge in [-0.1, -0.05) is 6.92 Å². The van der Waals surface area contributed by atoms with Gasteiger partial charge < -0.3 is 10.2 Å². The van der Waals surface area contributed by atoms with Gasteiger partial charge in [0.05, 0.1) is 0 Å². The molecule has 0 aromatic heterocycles. The van der Waals surface area contributed by atoms with E-state index in [4.69, 9.17) is 0 Å². The van der Waals surface area contributed by atoms with Crippen LogP contribution in [0.25, 0.3) is 0 Å². The number of benzene rings is 1. The molecule has 20 heavy (non-hydrogen) atoms. The van der Waals surface area contributed by atoms with E-state index >= 15 is 0 Å². The highest BCUT2D eigenvalue weighted by Crippen LogP contribution is 2.13. The molecule has 110 valence electrons. The fourth-order valence-electron chi connectivity index (χ4n) is 2.57. The van der Waals surface area contributed by atoms with E-state index in [1.165, 1.54) is 0 Å². The van der Waals surface area contributed by atoms with Crippen LogP contribution in [0.1, 0.15) is 36.5 Å². The Morgan fingerprint density at radius 2 is 1.85 bits per heavy atom. The molecule has 3 nitrogen and oxygen atoms in total. The summed E-state index contributed by atoms with van der Waals surface area (Å²) in [6.45, 7) is 5.13. The first-order valence-electron chi connectivity index (χ1n) is 7.08. The summed E-state index contributed by atoms with van der Waals surface area (Å²) >= 11 is 0. The Bertz CT molecular complexity index is 451. The molecule has 0 unspecified atom stereocenters. The van der Waals surface area contributed by atoms with Gasteiger partial charge in [0.2, 0.25) is 0 Å². The van der Waals surface area contributed by atoms with Crippen molar-refractivity contribution >= 4 is 5.91 Å². The van der Waals surface area contributed by atoms with E-state index in [-0.39, 0.29) is 11.6 Å². The first-order valence-corrected chi connectivity index (χ1v) is 7.08. The van der Waals surface area contributed by atoms with Gasteiger partial charge in [0, 0.05) is 30.8 Å². The molecule has 2 rings (SSSR count). The third-order valence-electron chi connectivity index (χ3n) is 3.59. The molecule has 0 spiro atoms. The number of piperidine rings is 1. The highest BCUT2D eigenvalue weighted by molar-refractivity contribution is 5.94. The quantitative estimate of drug-likeness (QED) is 0.920. The minimum absolute atomic E-state index is 0.0403. The van der Waals surface area contributed by atoms with Crippen molar-refractivity contribution in [3.63, 3.8) is 0 Å². The zero-order chi connectivity index (χ0) is 14.5. The lowest BCUT2D eigenvalue weighted by atomic mass is 10.0. The Balaban J connectivity index is 1.89. The van der Waals surface area contributed by atoms with Crippen molar-refractivity contribution in [2.75, 3.05) is 19.6 Å². The number of carbonyl (C=O) groups is 1. The summed E-state index contributed by atoms with van der Waals surface area (Å²) in [5.74, 6) is -1.86. The molecule has 1 saturated heterocycles. The van der Waals surface area contributed by atoms with Crippen LogP contribution in [-0.4, -0.2) is 36.5 Å². The van der Waals surface area contributed by atoms with Crippen LogP contribution in [0.5, 0.6) is 0 Å². The second kappa shape index (κ2) is 6.79. The van der Waals surface area contributed by atoms with Crippen LogP contribution in [0.15, 0.2) is 18.2 Å². The maximum Gasteiger partial charge on any atom is 0.251 e. The highest BCUT2D eigenvalue weighted by Gasteiger charge is 2.21. The Kier molecular flexibility index (Phi) is 5.06. The number of nitrogens with zero attached hydrogens (tertiary/aromatic N) is 1. The third-order valence-corrected chi connectivity index (χ3v) is 3.59. The van der Waals surface area contributed by atoms with Crippen molar-refractivity contribution in [1.29, 1.82) is 0 Å². The van der Waals surface area contributed by atoms with E-state index in [9.17, 15) is 13.6 Å². The van der Waals surface area contributed by atoms with Crippen molar-refractivity contribution in [1.82, 2.24) is 10.2 Å². The monoisotopic (exact) mass is 282 g/mol. The number of likely N-dealkylation sites (tertiary alicyclic amines) is 1. The lowest BCUT2D eigenvalue weighted by Crippen LogP contribution is -2.44. The molecule has 1 fully saturated rings. The minimum Gasteiger partial charge on any atom is -0.349 e. The topological polar surface area (TPSA) is 32.3 Å². The lowest BCUT2D eigenvalue weighted by molar-refractivity contribution is 0.0910. The second-order valence-corrected chi connectivity index (χ2v) is 5.25. The van der Waals surface area contributed by atoms with Crippen LogP contribution >= 0.6 is 0 Å². The van der Waals surface area contributed by atoms with Crippen molar-refractivity contribution in [3.8, 4) is 0 Å². The summed E-state index contributed by atoms with van der Waals surface area (Å²) in [5.41, 5.74) is 0.0403. The molecular formula is C15H20F2N2O. The molecule has 1 N–H and O–H groups in total. The summed E-state index contributed by atoms with van der Waals surface area (Å²) < 4.78 is 26.2. The predicted molar refractivity (Wildman–Crippen MR) is 73.6 cm³/mol. The van der Waals surface area contributed by atoms with Crippen molar-refractivity contribution in [3.05, 3.63) is 35.4 Å². The number of amides is 1. The molecular weight excluding hydrogens is 262 g/mol. The minimum atomic E-state index is -0.729. The molecule has 1 heterocycles. The van der Waals surface area contributed by atoms with Crippen LogP contribution in [0.2, 0.25) is 0 Å². The van der Waals surface area contributed by atoms with Gasteiger partial charge in [-0.25, -0.2) is 8.78 Å². The number of nitrogens with one attached hydrogen (secondary N) is 1. The molecule has 1 aliphatic rings. The molecule has 1 amide bonds. The van der Waals surface area contributed by atoms with Gasteiger partial charge in [0.25, 0.3) is 5.91 Å². The average molecular weight is 282 g/mol. The molecule has 0 bridgehead atoms. The molecule has 0 atom stereocenters. The Morgan fingerprint density at radius 3 is 2.40 bits per heavy atom. The largest absolute Gasteiger partial charge is 0.349 e. The zero-order valence-electron chi connectivity index (χ0n) is 11.7. The van der Waals surface area contributed by atoms with Gasteiger partial charge in [0.1, 0.15) is 11.6 Å². The molecule has 0 aliphatic carbocycles. The third kappa shape index (κ3) is 4.00. The van der Waals surface area contributed by atoms with Crippen LogP contribution in [-0.2, 0) is 0 Å². The van der Waals surface area contributed by atoms with E-state index in [1.54, 1.807) is 0 Å². The Labute approximate surface area is 118 Å². The summed E-state index contributed by atoms with van der Waals surface area (Å²) in [6, 6.07) is 2.97. The Hall–Kier alpha value is -1.49. The first kappa shape index (κ1) is 14.9. The normalized spacial score (nSPS) is 17.1. The van der Waals surface area contributed by atoms with Gasteiger partial charge in [-0.15, -0.1) is 0 Å². The van der Waals surface area contributed by atoms with Crippen LogP contribution in [0, 0.1) is 11.6 Å². The summed E-state index contributed by atoms with van der Waals surface area (Å²) in [6.07, 6.45) is 2.88. The fourth-order valence-corrected chi connectivity index (χ4v) is 2.57. The summed E-state index contributed by atoms with van der Waals surface area (Å²) in [4.78, 5) is 14.3. The number of carbonyl (C=O) groups excluding carboxylic acids is 1. The SMILES string of the molecule is CCCN1CCC(NC(=O)c2cc(F)cc(F)c2)CC1. The summed E-state index contributed by atoms with van der Waals surface area (Å²) in [7, 11) is 0. The zero-order valence-corrected chi connectivity index (χ0v) is 11.7. The van der Waals surface area contributed by atoms with Gasteiger partial charge in [-0.3, -0.25) is 4.79 Å². The number of halogens is 2. The summed E-state index contributed by atoms with van der Waals surface area (Å²) in [5, 5.41) is 2.85. The molecule has 5 heteroatoms. The Morgan fingerprint density at radius 1 is 1.25 bits per heavy atom. The van der Waals surface area contributed by atoms with Crippen molar-refractivity contribution in [2.24, 2.45) is 0 Å². The van der Waals surface area contributed by atoms with E-state index in [0.717, 1.165) is 57.1 Å². The maximum atomic E-state index is 13.1. The van der Waals surface area contributed by atoms with Crippen LogP contribution < -0.4 is 5.32 Å². The van der Waals surface area contributed by atoms with E-state index in [0.29, 0.717) is 0 Å². The smallest absolute Gasteiger partial charge is 0.251 e. The molecule has 0 saturated carbocycles. The lowest BCUT2D eigenvalue weighted by Gasteiger charge is -2.32. The standard InChI is InChI=1S/C15H20F2N2O/c1-2-5-19-6-3-14(4-7-19)18-15(20)11-8-12(16)10-13(17)9-11/h8-10,14H,2-7H2,1H3,(H,18,20). The molecule has 0 radical (unpaired) electrons. The van der Waals surface area contributed by atoms with E-state index < -0.39 is 17.5 Å². The number of rotatable bonds is 4. The van der Waals surface area contributed by atoms with Crippen LogP contribution in [0.4, 0.5) is 8.78 Å². The molecule has 1 aliphatic heterocycles. The van der Waals surface area contributed by atoms with Gasteiger partial charge >= 0.3 is 0 Å². The number of hydrogen-bond acceptors (Lipinski definition) is 2. The molecule has 1 aromatic carbocycles. The average Bonchev–Trinajstić information content (AvgIpc) is 2.40.